The summed E-state index contributed by atoms with van der Waals surface area (Å²) in [5.41, 5.74) is 1.13. The zero-order valence-corrected chi connectivity index (χ0v) is 16.3. The van der Waals surface area contributed by atoms with Crippen LogP contribution in [0.15, 0.2) is 24.5 Å². The summed E-state index contributed by atoms with van der Waals surface area (Å²) in [5, 5.41) is 10.4. The number of rotatable bonds is 5. The van der Waals surface area contributed by atoms with Gasteiger partial charge in [-0.05, 0) is 70.2 Å². The summed E-state index contributed by atoms with van der Waals surface area (Å²) in [5.74, 6) is 0.518. The molecule has 1 atom stereocenters. The molecule has 3 heterocycles. The molecule has 1 saturated heterocycles. The van der Waals surface area contributed by atoms with Crippen LogP contribution >= 0.6 is 0 Å². The van der Waals surface area contributed by atoms with Gasteiger partial charge in [0.15, 0.2) is 5.65 Å². The van der Waals surface area contributed by atoms with Gasteiger partial charge in [-0.25, -0.2) is 9.50 Å². The Morgan fingerprint density at radius 1 is 1.21 bits per heavy atom. The van der Waals surface area contributed by atoms with Crippen molar-refractivity contribution in [3.05, 3.63) is 30.2 Å². The van der Waals surface area contributed by atoms with Gasteiger partial charge in [-0.3, -0.25) is 14.5 Å². The van der Waals surface area contributed by atoms with Crippen LogP contribution < -0.4 is 10.6 Å². The van der Waals surface area contributed by atoms with E-state index in [0.29, 0.717) is 17.3 Å². The Hall–Kier alpha value is -2.48. The van der Waals surface area contributed by atoms with Crippen molar-refractivity contribution in [3.63, 3.8) is 0 Å². The van der Waals surface area contributed by atoms with Crippen LogP contribution in [0, 0.1) is 5.92 Å². The third-order valence-electron chi connectivity index (χ3n) is 6.08. The Labute approximate surface area is 164 Å². The zero-order valence-electron chi connectivity index (χ0n) is 16.3. The number of nitrogens with zero attached hydrogens (tertiary/aromatic N) is 4. The van der Waals surface area contributed by atoms with Crippen LogP contribution in [0.25, 0.3) is 5.65 Å². The number of amides is 2. The summed E-state index contributed by atoms with van der Waals surface area (Å²) in [6.07, 6.45) is 9.15. The SMILES string of the molecule is CN1CCC[C@@H]1C(=O)NCC1CCC(NC(=O)c2cnc3cccnn23)CC1. The summed E-state index contributed by atoms with van der Waals surface area (Å²) in [6.45, 7) is 1.74. The average molecular weight is 384 g/mol. The van der Waals surface area contributed by atoms with Crippen molar-refractivity contribution in [1.82, 2.24) is 30.1 Å². The molecule has 2 aromatic rings. The molecule has 0 radical (unpaired) electrons. The molecule has 8 heteroatoms. The second-order valence-corrected chi connectivity index (χ2v) is 8.01. The number of likely N-dealkylation sites (tertiary alicyclic amines) is 1. The molecule has 2 fully saturated rings. The van der Waals surface area contributed by atoms with Gasteiger partial charge in [-0.2, -0.15) is 5.10 Å². The minimum absolute atomic E-state index is 0.0368. The number of fused-ring (bicyclic) bond motifs is 1. The molecule has 2 N–H and O–H groups in total. The van der Waals surface area contributed by atoms with E-state index in [9.17, 15) is 9.59 Å². The van der Waals surface area contributed by atoms with Gasteiger partial charge in [0.05, 0.1) is 12.2 Å². The standard InChI is InChI=1S/C20H28N6O2/c1-25-11-3-4-16(25)19(27)22-12-14-6-8-15(9-7-14)24-20(28)17-13-21-18-5-2-10-23-26(17)18/h2,5,10,13-16H,3-4,6-9,11-12H2,1H3,(H,22,27)(H,24,28)/t14?,15?,16-/m1/s1. The number of hydrogen-bond acceptors (Lipinski definition) is 5. The maximum Gasteiger partial charge on any atom is 0.271 e. The Morgan fingerprint density at radius 2 is 2.04 bits per heavy atom. The van der Waals surface area contributed by atoms with Gasteiger partial charge in [0.1, 0.15) is 5.69 Å². The Bertz CT molecular complexity index is 842. The highest BCUT2D eigenvalue weighted by Crippen LogP contribution is 2.24. The number of likely N-dealkylation sites (N-methyl/N-ethyl adjacent to an activating group) is 1. The first-order valence-electron chi connectivity index (χ1n) is 10.2. The summed E-state index contributed by atoms with van der Waals surface area (Å²) in [6, 6.07) is 3.82. The Morgan fingerprint density at radius 3 is 2.79 bits per heavy atom. The second-order valence-electron chi connectivity index (χ2n) is 8.01. The molecule has 150 valence electrons. The number of hydrogen-bond donors (Lipinski definition) is 2. The molecule has 28 heavy (non-hydrogen) atoms. The topological polar surface area (TPSA) is 91.6 Å². The first kappa shape index (κ1) is 18.9. The van der Waals surface area contributed by atoms with Crippen LogP contribution in [0.1, 0.15) is 49.0 Å². The van der Waals surface area contributed by atoms with Crippen molar-refractivity contribution in [1.29, 1.82) is 0 Å². The highest BCUT2D eigenvalue weighted by molar-refractivity contribution is 5.93. The van der Waals surface area contributed by atoms with Crippen molar-refractivity contribution in [2.75, 3.05) is 20.1 Å². The molecule has 1 aliphatic heterocycles. The number of nitrogens with one attached hydrogen (secondary N) is 2. The van der Waals surface area contributed by atoms with Gasteiger partial charge in [0.2, 0.25) is 5.91 Å². The molecule has 2 aromatic heterocycles. The van der Waals surface area contributed by atoms with Crippen LogP contribution in [0.5, 0.6) is 0 Å². The van der Waals surface area contributed by atoms with E-state index in [2.05, 4.69) is 25.6 Å². The second kappa shape index (κ2) is 8.26. The lowest BCUT2D eigenvalue weighted by Crippen LogP contribution is -2.44. The van der Waals surface area contributed by atoms with Gasteiger partial charge < -0.3 is 10.6 Å². The van der Waals surface area contributed by atoms with Crippen molar-refractivity contribution in [2.24, 2.45) is 5.92 Å². The van der Waals surface area contributed by atoms with E-state index < -0.39 is 0 Å². The summed E-state index contributed by atoms with van der Waals surface area (Å²) < 4.78 is 1.57. The van der Waals surface area contributed by atoms with Gasteiger partial charge in [0.25, 0.3) is 5.91 Å². The number of carbonyl (C=O) groups excluding carboxylic acids is 2. The molecule has 1 aliphatic carbocycles. The van der Waals surface area contributed by atoms with E-state index in [1.807, 2.05) is 13.1 Å². The lowest BCUT2D eigenvalue weighted by molar-refractivity contribution is -0.125. The highest BCUT2D eigenvalue weighted by atomic mass is 16.2. The third kappa shape index (κ3) is 4.01. The predicted octanol–water partition coefficient (Wildman–Crippen LogP) is 1.23. The normalized spacial score (nSPS) is 25.7. The first-order chi connectivity index (χ1) is 13.6. The fraction of sp³-hybridized carbons (Fsp3) is 0.600. The van der Waals surface area contributed by atoms with E-state index in [1.165, 1.54) is 0 Å². The monoisotopic (exact) mass is 384 g/mol. The minimum Gasteiger partial charge on any atom is -0.354 e. The first-order valence-corrected chi connectivity index (χ1v) is 10.2. The molecule has 0 unspecified atom stereocenters. The molecule has 0 bridgehead atoms. The lowest BCUT2D eigenvalue weighted by Gasteiger charge is -2.29. The van der Waals surface area contributed by atoms with Crippen LogP contribution in [0.4, 0.5) is 0 Å². The van der Waals surface area contributed by atoms with Crippen LogP contribution in [-0.2, 0) is 4.79 Å². The van der Waals surface area contributed by atoms with E-state index in [-0.39, 0.29) is 23.9 Å². The van der Waals surface area contributed by atoms with Crippen molar-refractivity contribution < 1.29 is 9.59 Å². The number of aromatic nitrogens is 3. The number of imidazole rings is 1. The van der Waals surface area contributed by atoms with Crippen molar-refractivity contribution >= 4 is 17.5 Å². The van der Waals surface area contributed by atoms with Crippen molar-refractivity contribution in [2.45, 2.75) is 50.6 Å². The predicted molar refractivity (Wildman–Crippen MR) is 105 cm³/mol. The van der Waals surface area contributed by atoms with Crippen molar-refractivity contribution in [3.8, 4) is 0 Å². The van der Waals surface area contributed by atoms with Crippen LogP contribution in [-0.4, -0.2) is 63.5 Å². The van der Waals surface area contributed by atoms with Gasteiger partial charge >= 0.3 is 0 Å². The van der Waals surface area contributed by atoms with E-state index in [4.69, 9.17) is 0 Å². The molecule has 0 aromatic carbocycles. The minimum atomic E-state index is -0.132. The maximum atomic E-state index is 12.6. The molecule has 2 aliphatic rings. The lowest BCUT2D eigenvalue weighted by atomic mass is 9.86. The van der Waals surface area contributed by atoms with Gasteiger partial charge in [-0.15, -0.1) is 0 Å². The molecule has 1 saturated carbocycles. The smallest absolute Gasteiger partial charge is 0.271 e. The largest absolute Gasteiger partial charge is 0.354 e. The molecule has 8 nitrogen and oxygen atoms in total. The molecular formula is C20H28N6O2. The Kier molecular flexibility index (Phi) is 5.57. The summed E-state index contributed by atoms with van der Waals surface area (Å²) in [4.78, 5) is 31.3. The van der Waals surface area contributed by atoms with Crippen LogP contribution in [0.3, 0.4) is 0 Å². The quantitative estimate of drug-likeness (QED) is 0.809. The zero-order chi connectivity index (χ0) is 19.5. The maximum absolute atomic E-state index is 12.6. The third-order valence-corrected chi connectivity index (χ3v) is 6.08. The molecule has 0 spiro atoms. The van der Waals surface area contributed by atoms with E-state index in [1.54, 1.807) is 23.0 Å². The van der Waals surface area contributed by atoms with Gasteiger partial charge in [-0.1, -0.05) is 0 Å². The average Bonchev–Trinajstić information content (AvgIpc) is 3.33. The number of carbonyl (C=O) groups is 2. The molecule has 2 amide bonds. The fourth-order valence-corrected chi connectivity index (χ4v) is 4.36. The highest BCUT2D eigenvalue weighted by Gasteiger charge is 2.29. The van der Waals surface area contributed by atoms with Gasteiger partial charge in [0, 0.05) is 18.8 Å². The van der Waals surface area contributed by atoms with E-state index in [0.717, 1.165) is 51.6 Å². The fourth-order valence-electron chi connectivity index (χ4n) is 4.36. The Balaban J connectivity index is 1.23. The molecule has 4 rings (SSSR count). The summed E-state index contributed by atoms with van der Waals surface area (Å²) in [7, 11) is 2.02. The van der Waals surface area contributed by atoms with Crippen LogP contribution in [0.2, 0.25) is 0 Å². The van der Waals surface area contributed by atoms with E-state index >= 15 is 0 Å². The molecular weight excluding hydrogens is 356 g/mol. The summed E-state index contributed by atoms with van der Waals surface area (Å²) >= 11 is 0.